The number of halogens is 1. The van der Waals surface area contributed by atoms with Crippen LogP contribution in [-0.2, 0) is 11.3 Å². The van der Waals surface area contributed by atoms with E-state index in [1.54, 1.807) is 19.0 Å². The Balaban J connectivity index is 0.00000420. The van der Waals surface area contributed by atoms with Crippen molar-refractivity contribution in [1.82, 2.24) is 30.2 Å². The van der Waals surface area contributed by atoms with Gasteiger partial charge in [0.15, 0.2) is 5.96 Å². The molecule has 0 bridgehead atoms. The molecule has 1 unspecified atom stereocenters. The van der Waals surface area contributed by atoms with Gasteiger partial charge in [-0.1, -0.05) is 6.92 Å². The highest BCUT2D eigenvalue weighted by molar-refractivity contribution is 14.0. The van der Waals surface area contributed by atoms with Crippen LogP contribution in [0.1, 0.15) is 37.6 Å². The number of aromatic nitrogens is 2. The Morgan fingerprint density at radius 1 is 1.34 bits per heavy atom. The van der Waals surface area contributed by atoms with E-state index in [9.17, 15) is 4.79 Å². The third-order valence-corrected chi connectivity index (χ3v) is 5.22. The first-order valence-electron chi connectivity index (χ1n) is 10.4. The van der Waals surface area contributed by atoms with Gasteiger partial charge in [-0.05, 0) is 52.3 Å². The lowest BCUT2D eigenvalue weighted by molar-refractivity contribution is -0.127. The van der Waals surface area contributed by atoms with Crippen molar-refractivity contribution in [2.45, 2.75) is 52.6 Å². The zero-order valence-corrected chi connectivity index (χ0v) is 20.9. The molecular weight excluding hydrogens is 481 g/mol. The highest BCUT2D eigenvalue weighted by Crippen LogP contribution is 2.15. The molecule has 1 aliphatic rings. The summed E-state index contributed by atoms with van der Waals surface area (Å²) in [7, 11) is 3.51. The predicted molar refractivity (Wildman–Crippen MR) is 129 cm³/mol. The smallest absolute Gasteiger partial charge is 0.243 e. The molecule has 0 radical (unpaired) electrons. The van der Waals surface area contributed by atoms with Gasteiger partial charge in [0.05, 0.1) is 5.69 Å². The first-order valence-corrected chi connectivity index (χ1v) is 10.4. The number of hydrogen-bond donors (Lipinski definition) is 2. The topological polar surface area (TPSA) is 77.8 Å². The van der Waals surface area contributed by atoms with E-state index in [-0.39, 0.29) is 36.4 Å². The number of nitrogens with zero attached hydrogens (tertiary/aromatic N) is 5. The van der Waals surface area contributed by atoms with Gasteiger partial charge in [-0.15, -0.1) is 24.0 Å². The summed E-state index contributed by atoms with van der Waals surface area (Å²) in [5.74, 6) is 0.714. The Morgan fingerprint density at radius 2 is 2.10 bits per heavy atom. The molecule has 0 saturated carbocycles. The zero-order valence-electron chi connectivity index (χ0n) is 18.6. The molecule has 1 fully saturated rings. The Labute approximate surface area is 192 Å². The van der Waals surface area contributed by atoms with Crippen molar-refractivity contribution in [2.75, 3.05) is 46.8 Å². The Morgan fingerprint density at radius 3 is 2.72 bits per heavy atom. The minimum Gasteiger partial charge on any atom is -0.356 e. The highest BCUT2D eigenvalue weighted by Gasteiger charge is 2.22. The van der Waals surface area contributed by atoms with Gasteiger partial charge in [0.1, 0.15) is 6.54 Å². The molecule has 0 aliphatic carbocycles. The van der Waals surface area contributed by atoms with Gasteiger partial charge in [-0.25, -0.2) is 4.99 Å². The predicted octanol–water partition coefficient (Wildman–Crippen LogP) is 1.62. The van der Waals surface area contributed by atoms with E-state index in [1.807, 2.05) is 11.6 Å². The van der Waals surface area contributed by atoms with Gasteiger partial charge < -0.3 is 15.5 Å². The minimum absolute atomic E-state index is 0. The number of carbonyl (C=O) groups is 1. The Hall–Kier alpha value is -1.36. The molecule has 2 rings (SSSR count). The molecule has 1 aromatic heterocycles. The van der Waals surface area contributed by atoms with Crippen LogP contribution in [0, 0.1) is 13.8 Å². The van der Waals surface area contributed by atoms with Crippen molar-refractivity contribution in [1.29, 1.82) is 0 Å². The Kier molecular flexibility index (Phi) is 11.6. The van der Waals surface area contributed by atoms with E-state index in [0.29, 0.717) is 12.0 Å². The van der Waals surface area contributed by atoms with Crippen LogP contribution in [-0.4, -0.2) is 84.3 Å². The average Bonchev–Trinajstić information content (AvgIpc) is 3.24. The largest absolute Gasteiger partial charge is 0.356 e. The summed E-state index contributed by atoms with van der Waals surface area (Å²) in [6.45, 7) is 11.2. The lowest BCUT2D eigenvalue weighted by atomic mass is 10.2. The summed E-state index contributed by atoms with van der Waals surface area (Å²) >= 11 is 0. The fourth-order valence-electron chi connectivity index (χ4n) is 3.56. The summed E-state index contributed by atoms with van der Waals surface area (Å²) in [5, 5.41) is 11.3. The van der Waals surface area contributed by atoms with Crippen LogP contribution in [0.5, 0.6) is 0 Å². The van der Waals surface area contributed by atoms with E-state index < -0.39 is 0 Å². The maximum absolute atomic E-state index is 11.9. The quantitative estimate of drug-likeness (QED) is 0.225. The number of amides is 1. The molecule has 1 atom stereocenters. The van der Waals surface area contributed by atoms with Crippen LogP contribution in [0.25, 0.3) is 0 Å². The number of carbonyl (C=O) groups excluding carboxylic acids is 1. The summed E-state index contributed by atoms with van der Waals surface area (Å²) < 4.78 is 2.04. The third kappa shape index (κ3) is 8.49. The van der Waals surface area contributed by atoms with E-state index in [2.05, 4.69) is 45.5 Å². The van der Waals surface area contributed by atoms with Crippen LogP contribution < -0.4 is 10.6 Å². The normalized spacial score (nSPS) is 17.1. The van der Waals surface area contributed by atoms with Crippen LogP contribution in [0.15, 0.2) is 11.1 Å². The third-order valence-electron chi connectivity index (χ3n) is 5.22. The van der Waals surface area contributed by atoms with Crippen molar-refractivity contribution >= 4 is 35.8 Å². The SMILES string of the molecule is CCN1CCCC1CNC(=NCC(=O)N(C)C)NCCCn1nc(C)cc1C.I. The molecule has 8 nitrogen and oxygen atoms in total. The number of aryl methyl sites for hydroxylation is 3. The fourth-order valence-corrected chi connectivity index (χ4v) is 3.56. The minimum atomic E-state index is -0.000192. The summed E-state index contributed by atoms with van der Waals surface area (Å²) in [4.78, 5) is 20.5. The second-order valence-electron chi connectivity index (χ2n) is 7.69. The maximum Gasteiger partial charge on any atom is 0.243 e. The van der Waals surface area contributed by atoms with Crippen molar-refractivity contribution in [3.05, 3.63) is 17.5 Å². The number of rotatable bonds is 9. The fraction of sp³-hybridized carbons (Fsp3) is 0.750. The van der Waals surface area contributed by atoms with Gasteiger partial charge in [0.2, 0.25) is 5.91 Å². The van der Waals surface area contributed by atoms with Crippen LogP contribution in [0.2, 0.25) is 0 Å². The first-order chi connectivity index (χ1) is 13.4. The molecular formula is C20H38IN7O. The molecule has 1 aliphatic heterocycles. The molecule has 29 heavy (non-hydrogen) atoms. The summed E-state index contributed by atoms with van der Waals surface area (Å²) in [6.07, 6.45) is 3.40. The van der Waals surface area contributed by atoms with E-state index in [4.69, 9.17) is 0 Å². The van der Waals surface area contributed by atoms with Gasteiger partial charge in [-0.3, -0.25) is 14.4 Å². The van der Waals surface area contributed by atoms with Crippen molar-refractivity contribution in [3.63, 3.8) is 0 Å². The number of likely N-dealkylation sites (N-methyl/N-ethyl adjacent to an activating group) is 2. The number of guanidine groups is 1. The van der Waals surface area contributed by atoms with Crippen molar-refractivity contribution in [3.8, 4) is 0 Å². The van der Waals surface area contributed by atoms with E-state index >= 15 is 0 Å². The van der Waals surface area contributed by atoms with E-state index in [1.165, 1.54) is 25.1 Å². The molecule has 166 valence electrons. The lowest BCUT2D eigenvalue weighted by Gasteiger charge is -2.24. The Bertz CT molecular complexity index is 659. The standard InChI is InChI=1S/C20H37N7O.HI/c1-6-26-11-7-9-18(26)14-22-20(23-15-19(28)25(4)5)21-10-8-12-27-17(3)13-16(2)24-27;/h13,18H,6-12,14-15H2,1-5H3,(H2,21,22,23);1H. The zero-order chi connectivity index (χ0) is 20.5. The lowest BCUT2D eigenvalue weighted by Crippen LogP contribution is -2.45. The number of hydrogen-bond acceptors (Lipinski definition) is 4. The average molecular weight is 519 g/mol. The van der Waals surface area contributed by atoms with Crippen molar-refractivity contribution < 1.29 is 4.79 Å². The van der Waals surface area contributed by atoms with Gasteiger partial charge in [-0.2, -0.15) is 5.10 Å². The van der Waals surface area contributed by atoms with E-state index in [0.717, 1.165) is 38.3 Å². The van der Waals surface area contributed by atoms with Gasteiger partial charge >= 0.3 is 0 Å². The number of nitrogens with one attached hydrogen (secondary N) is 2. The molecule has 0 spiro atoms. The second-order valence-corrected chi connectivity index (χ2v) is 7.69. The van der Waals surface area contributed by atoms with Crippen LogP contribution in [0.3, 0.4) is 0 Å². The maximum atomic E-state index is 11.9. The summed E-state index contributed by atoms with van der Waals surface area (Å²) in [5.41, 5.74) is 2.23. The first kappa shape index (κ1) is 25.7. The van der Waals surface area contributed by atoms with Crippen molar-refractivity contribution in [2.24, 2.45) is 4.99 Å². The molecule has 1 aromatic rings. The second kappa shape index (κ2) is 13.0. The van der Waals surface area contributed by atoms with Crippen LogP contribution >= 0.6 is 24.0 Å². The van der Waals surface area contributed by atoms with Gasteiger partial charge in [0, 0.05) is 45.5 Å². The number of aliphatic imine (C=N–C) groups is 1. The highest BCUT2D eigenvalue weighted by atomic mass is 127. The molecule has 1 amide bonds. The monoisotopic (exact) mass is 519 g/mol. The molecule has 1 saturated heterocycles. The molecule has 9 heteroatoms. The molecule has 2 heterocycles. The summed E-state index contributed by atoms with van der Waals surface area (Å²) in [6, 6.07) is 2.63. The number of likely N-dealkylation sites (tertiary alicyclic amines) is 1. The molecule has 2 N–H and O–H groups in total. The molecule has 0 aromatic carbocycles. The van der Waals surface area contributed by atoms with Crippen LogP contribution in [0.4, 0.5) is 0 Å². The van der Waals surface area contributed by atoms with Gasteiger partial charge in [0.25, 0.3) is 0 Å².